The average molecular weight is 294 g/mol. The van der Waals surface area contributed by atoms with Crippen LogP contribution in [-0.4, -0.2) is 12.4 Å². The van der Waals surface area contributed by atoms with Gasteiger partial charge in [0.2, 0.25) is 0 Å². The summed E-state index contributed by atoms with van der Waals surface area (Å²) in [4.78, 5) is 0. The lowest BCUT2D eigenvalue weighted by Gasteiger charge is -2.36. The quantitative estimate of drug-likeness (QED) is 0.351. The van der Waals surface area contributed by atoms with Gasteiger partial charge in [-0.1, -0.05) is 12.2 Å². The van der Waals surface area contributed by atoms with Crippen molar-refractivity contribution in [2.75, 3.05) is 0 Å². The third-order valence-corrected chi connectivity index (χ3v) is 5.66. The summed E-state index contributed by atoms with van der Waals surface area (Å²) in [5, 5.41) is 0. The molecule has 0 aromatic carbocycles. The van der Waals surface area contributed by atoms with E-state index < -0.39 is 35.3 Å². The molecule has 0 spiro atoms. The van der Waals surface area contributed by atoms with E-state index in [9.17, 15) is 26.3 Å². The summed E-state index contributed by atoms with van der Waals surface area (Å²) in [6.07, 6.45) is -5.13. The Morgan fingerprint density at radius 2 is 1.10 bits per heavy atom. The third kappa shape index (κ3) is 1.40. The first-order valence-electron chi connectivity index (χ1n) is 6.76. The van der Waals surface area contributed by atoms with E-state index in [0.717, 1.165) is 6.42 Å². The van der Waals surface area contributed by atoms with Crippen LogP contribution in [-0.2, 0) is 0 Å². The first kappa shape index (κ1) is 12.8. The average Bonchev–Trinajstić information content (AvgIpc) is 3.03. The topological polar surface area (TPSA) is 0 Å². The molecule has 6 unspecified atom stereocenters. The number of halogens is 6. The SMILES string of the molecule is FC(F)(F)C1=C(C(F)(F)F)C2CC1C1C3C=CC(C3)C21. The van der Waals surface area contributed by atoms with Crippen molar-refractivity contribution >= 4 is 0 Å². The van der Waals surface area contributed by atoms with E-state index in [0.29, 0.717) is 0 Å². The van der Waals surface area contributed by atoms with Gasteiger partial charge in [0.15, 0.2) is 0 Å². The van der Waals surface area contributed by atoms with E-state index in [1.807, 2.05) is 12.2 Å². The first-order valence-corrected chi connectivity index (χ1v) is 6.76. The van der Waals surface area contributed by atoms with Crippen molar-refractivity contribution in [3.8, 4) is 0 Å². The molecular formula is C14H12F6. The zero-order valence-corrected chi connectivity index (χ0v) is 10.3. The molecule has 2 saturated carbocycles. The zero-order valence-electron chi connectivity index (χ0n) is 10.3. The molecule has 110 valence electrons. The summed E-state index contributed by atoms with van der Waals surface area (Å²) in [6.45, 7) is 0. The molecule has 4 aliphatic carbocycles. The maximum absolute atomic E-state index is 13.1. The standard InChI is InChI=1S/C14H12F6/c15-13(16,17)11-7-4-8(12(11)14(18,19)20)10-6-2-1-5(3-6)9(7)10/h1-2,5-10H,3-4H2. The molecule has 2 fully saturated rings. The monoisotopic (exact) mass is 294 g/mol. The minimum Gasteiger partial charge on any atom is -0.166 e. The lowest BCUT2D eigenvalue weighted by molar-refractivity contribution is -0.126. The van der Waals surface area contributed by atoms with Gasteiger partial charge < -0.3 is 0 Å². The second-order valence-corrected chi connectivity index (χ2v) is 6.37. The summed E-state index contributed by atoms with van der Waals surface area (Å²) in [5.74, 6) is -2.24. The van der Waals surface area contributed by atoms with Crippen LogP contribution in [0.5, 0.6) is 0 Å². The molecule has 0 radical (unpaired) electrons. The highest BCUT2D eigenvalue weighted by Gasteiger charge is 2.68. The van der Waals surface area contributed by atoms with Crippen LogP contribution in [0.2, 0.25) is 0 Å². The van der Waals surface area contributed by atoms with E-state index in [-0.39, 0.29) is 30.1 Å². The molecule has 0 aromatic rings. The number of allylic oxidation sites excluding steroid dienone is 4. The van der Waals surface area contributed by atoms with Crippen LogP contribution in [0.3, 0.4) is 0 Å². The Balaban J connectivity index is 1.85. The van der Waals surface area contributed by atoms with Crippen molar-refractivity contribution in [2.24, 2.45) is 35.5 Å². The minimum atomic E-state index is -4.86. The molecule has 6 atom stereocenters. The van der Waals surface area contributed by atoms with Gasteiger partial charge in [-0.25, -0.2) is 0 Å². The molecule has 0 N–H and O–H groups in total. The molecule has 20 heavy (non-hydrogen) atoms. The molecule has 4 aliphatic rings. The smallest absolute Gasteiger partial charge is 0.166 e. The van der Waals surface area contributed by atoms with Crippen LogP contribution in [0.4, 0.5) is 26.3 Å². The second-order valence-electron chi connectivity index (χ2n) is 6.37. The molecule has 0 amide bonds. The normalized spacial score (nSPS) is 45.7. The molecule has 0 aromatic heterocycles. The highest BCUT2D eigenvalue weighted by Crippen LogP contribution is 2.70. The Morgan fingerprint density at radius 3 is 1.45 bits per heavy atom. The van der Waals surface area contributed by atoms with Gasteiger partial charge in [-0.2, -0.15) is 26.3 Å². The fourth-order valence-corrected chi connectivity index (χ4v) is 5.37. The van der Waals surface area contributed by atoms with Gasteiger partial charge in [0.25, 0.3) is 0 Å². The van der Waals surface area contributed by atoms with Crippen LogP contribution in [0.25, 0.3) is 0 Å². The van der Waals surface area contributed by atoms with Crippen molar-refractivity contribution in [3.63, 3.8) is 0 Å². The summed E-state index contributed by atoms with van der Waals surface area (Å²) < 4.78 is 78.7. The van der Waals surface area contributed by atoms with Gasteiger partial charge in [-0.05, 0) is 48.3 Å². The summed E-state index contributed by atoms with van der Waals surface area (Å²) >= 11 is 0. The van der Waals surface area contributed by atoms with Crippen molar-refractivity contribution in [1.29, 1.82) is 0 Å². The van der Waals surface area contributed by atoms with Crippen LogP contribution in [0, 0.1) is 35.5 Å². The maximum atomic E-state index is 13.1. The second kappa shape index (κ2) is 3.45. The Hall–Kier alpha value is -0.940. The summed E-state index contributed by atoms with van der Waals surface area (Å²) in [7, 11) is 0. The van der Waals surface area contributed by atoms with Crippen LogP contribution < -0.4 is 0 Å². The van der Waals surface area contributed by atoms with Crippen molar-refractivity contribution in [1.82, 2.24) is 0 Å². The number of fused-ring (bicyclic) bond motifs is 9. The zero-order chi connectivity index (χ0) is 14.4. The van der Waals surface area contributed by atoms with Crippen LogP contribution >= 0.6 is 0 Å². The molecule has 0 saturated heterocycles. The van der Waals surface area contributed by atoms with Crippen LogP contribution in [0.1, 0.15) is 12.8 Å². The van der Waals surface area contributed by atoms with E-state index in [1.54, 1.807) is 0 Å². The van der Waals surface area contributed by atoms with Crippen molar-refractivity contribution in [2.45, 2.75) is 25.2 Å². The lowest BCUT2D eigenvalue weighted by Crippen LogP contribution is -2.36. The van der Waals surface area contributed by atoms with Gasteiger partial charge in [-0.3, -0.25) is 0 Å². The van der Waals surface area contributed by atoms with Crippen LogP contribution in [0.15, 0.2) is 23.3 Å². The Morgan fingerprint density at radius 1 is 0.700 bits per heavy atom. The molecule has 4 rings (SSSR count). The highest BCUT2D eigenvalue weighted by molar-refractivity contribution is 5.41. The molecule has 0 nitrogen and oxygen atoms in total. The molecule has 0 aliphatic heterocycles. The number of hydrogen-bond acceptors (Lipinski definition) is 0. The summed E-state index contributed by atoms with van der Waals surface area (Å²) in [5.41, 5.74) is -2.53. The van der Waals surface area contributed by atoms with Gasteiger partial charge in [0.1, 0.15) is 0 Å². The Bertz CT molecular complexity index is 479. The Kier molecular flexibility index (Phi) is 2.20. The highest BCUT2D eigenvalue weighted by atomic mass is 19.4. The third-order valence-electron chi connectivity index (χ3n) is 5.66. The lowest BCUT2D eigenvalue weighted by atomic mass is 9.70. The molecule has 6 heteroatoms. The predicted molar refractivity (Wildman–Crippen MR) is 58.5 cm³/mol. The van der Waals surface area contributed by atoms with Crippen molar-refractivity contribution in [3.05, 3.63) is 23.3 Å². The minimum absolute atomic E-state index is 0.0354. The van der Waals surface area contributed by atoms with E-state index >= 15 is 0 Å². The van der Waals surface area contributed by atoms with Gasteiger partial charge in [0.05, 0.1) is 0 Å². The molecular weight excluding hydrogens is 282 g/mol. The first-order chi connectivity index (χ1) is 9.19. The fourth-order valence-electron chi connectivity index (χ4n) is 5.37. The van der Waals surface area contributed by atoms with E-state index in [1.165, 1.54) is 0 Å². The van der Waals surface area contributed by atoms with E-state index in [2.05, 4.69) is 0 Å². The fraction of sp³-hybridized carbons (Fsp3) is 0.714. The number of alkyl halides is 6. The van der Waals surface area contributed by atoms with Gasteiger partial charge >= 0.3 is 12.4 Å². The maximum Gasteiger partial charge on any atom is 0.413 e. The largest absolute Gasteiger partial charge is 0.413 e. The molecule has 4 bridgehead atoms. The van der Waals surface area contributed by atoms with E-state index in [4.69, 9.17) is 0 Å². The Labute approximate surface area is 111 Å². The van der Waals surface area contributed by atoms with Gasteiger partial charge in [-0.15, -0.1) is 0 Å². The van der Waals surface area contributed by atoms with Gasteiger partial charge in [0, 0.05) is 11.1 Å². The number of hydrogen-bond donors (Lipinski definition) is 0. The van der Waals surface area contributed by atoms with Crippen molar-refractivity contribution < 1.29 is 26.3 Å². The summed E-state index contributed by atoms with van der Waals surface area (Å²) in [6, 6.07) is 0. The number of rotatable bonds is 0. The predicted octanol–water partition coefficient (Wildman–Crippen LogP) is 4.50. The molecule has 0 heterocycles.